The molecule has 1 amide bonds. The van der Waals surface area contributed by atoms with E-state index >= 15 is 0 Å². The number of carbonyl (C=O) groups is 1. The molecule has 1 heterocycles. The lowest BCUT2D eigenvalue weighted by molar-refractivity contribution is -0.119. The lowest BCUT2D eigenvalue weighted by atomic mass is 9.93. The second-order valence-corrected chi connectivity index (χ2v) is 5.83. The maximum Gasteiger partial charge on any atom is 0.234 e. The normalized spacial score (nSPS) is 10.7. The van der Waals surface area contributed by atoms with Crippen LogP contribution in [0.4, 0.5) is 0 Å². The van der Waals surface area contributed by atoms with E-state index in [9.17, 15) is 4.79 Å². The van der Waals surface area contributed by atoms with E-state index in [0.717, 1.165) is 10.7 Å². The molecule has 0 saturated heterocycles. The average Bonchev–Trinajstić information content (AvgIpc) is 2.76. The molecule has 0 fully saturated rings. The number of nitrogens with zero attached hydrogens (tertiary/aromatic N) is 1. The minimum absolute atomic E-state index is 0.00308. The van der Waals surface area contributed by atoms with E-state index in [1.807, 2.05) is 0 Å². The molecule has 0 saturated carbocycles. The van der Waals surface area contributed by atoms with Gasteiger partial charge in [-0.2, -0.15) is 0 Å². The van der Waals surface area contributed by atoms with Crippen LogP contribution in [0.2, 0.25) is 0 Å². The summed E-state index contributed by atoms with van der Waals surface area (Å²) >= 11 is 1.62. The van der Waals surface area contributed by atoms with Gasteiger partial charge in [0.15, 0.2) is 0 Å². The Bertz CT molecular complexity index is 463. The predicted octanol–water partition coefficient (Wildman–Crippen LogP) is 1.06. The van der Waals surface area contributed by atoms with Crippen molar-refractivity contribution in [1.29, 1.82) is 0 Å². The summed E-state index contributed by atoms with van der Waals surface area (Å²) in [5, 5.41) is 5.68. The number of nitrogens with two attached hydrogens (primary N) is 1. The molecule has 4 nitrogen and oxygen atoms in total. The van der Waals surface area contributed by atoms with Gasteiger partial charge < -0.3 is 11.1 Å². The zero-order valence-corrected chi connectivity index (χ0v) is 11.9. The third kappa shape index (κ3) is 4.86. The van der Waals surface area contributed by atoms with Gasteiger partial charge in [-0.3, -0.25) is 4.79 Å². The minimum Gasteiger partial charge on any atom is -0.344 e. The summed E-state index contributed by atoms with van der Waals surface area (Å²) in [7, 11) is 0. The summed E-state index contributed by atoms with van der Waals surface area (Å²) in [5.74, 6) is 5.68. The molecule has 0 radical (unpaired) electrons. The molecule has 0 aliphatic heterocycles. The van der Waals surface area contributed by atoms with Gasteiger partial charge in [0.05, 0.1) is 25.2 Å². The molecule has 98 valence electrons. The van der Waals surface area contributed by atoms with Gasteiger partial charge in [-0.1, -0.05) is 32.6 Å². The van der Waals surface area contributed by atoms with E-state index < -0.39 is 0 Å². The number of rotatable bonds is 3. The van der Waals surface area contributed by atoms with Crippen molar-refractivity contribution in [2.45, 2.75) is 32.6 Å². The van der Waals surface area contributed by atoms with Crippen LogP contribution in [0.3, 0.4) is 0 Å². The largest absolute Gasteiger partial charge is 0.344 e. The van der Waals surface area contributed by atoms with Gasteiger partial charge in [0.2, 0.25) is 5.91 Å². The summed E-state index contributed by atoms with van der Waals surface area (Å²) in [6.07, 6.45) is 0.624. The van der Waals surface area contributed by atoms with Crippen LogP contribution >= 0.6 is 11.3 Å². The van der Waals surface area contributed by atoms with Gasteiger partial charge in [0.1, 0.15) is 5.01 Å². The Hall–Kier alpha value is -1.38. The molecular formula is C13H19N3OS. The third-order valence-electron chi connectivity index (χ3n) is 2.24. The molecule has 1 rings (SSSR count). The maximum atomic E-state index is 10.8. The summed E-state index contributed by atoms with van der Waals surface area (Å²) in [6, 6.07) is 0. The van der Waals surface area contributed by atoms with Crippen molar-refractivity contribution < 1.29 is 4.79 Å². The van der Waals surface area contributed by atoms with E-state index in [-0.39, 0.29) is 17.9 Å². The van der Waals surface area contributed by atoms with Crippen LogP contribution < -0.4 is 11.1 Å². The highest BCUT2D eigenvalue weighted by molar-refractivity contribution is 7.09. The Balaban J connectivity index is 2.43. The quantitative estimate of drug-likeness (QED) is 0.803. The third-order valence-corrected chi connectivity index (χ3v) is 3.09. The van der Waals surface area contributed by atoms with Crippen molar-refractivity contribution in [3.63, 3.8) is 0 Å². The molecule has 0 bridgehead atoms. The standard InChI is InChI=1S/C13H19N3OS/c1-13(2,3)10-9-18-12(16-10)6-4-5-7-15-11(17)8-14/h9H,6-8,14H2,1-3H3,(H,15,17). The van der Waals surface area contributed by atoms with Crippen LogP contribution in [0.5, 0.6) is 0 Å². The van der Waals surface area contributed by atoms with Crippen molar-refractivity contribution in [2.24, 2.45) is 5.73 Å². The highest BCUT2D eigenvalue weighted by Gasteiger charge is 2.16. The molecule has 0 aromatic carbocycles. The Morgan fingerprint density at radius 3 is 2.78 bits per heavy atom. The molecule has 3 N–H and O–H groups in total. The van der Waals surface area contributed by atoms with Crippen LogP contribution in [0.15, 0.2) is 5.38 Å². The molecule has 0 unspecified atom stereocenters. The van der Waals surface area contributed by atoms with Crippen molar-refractivity contribution in [3.8, 4) is 11.8 Å². The zero-order chi connectivity index (χ0) is 13.6. The molecule has 1 aromatic rings. The number of aromatic nitrogens is 1. The first-order valence-electron chi connectivity index (χ1n) is 5.81. The zero-order valence-electron chi connectivity index (χ0n) is 11.0. The van der Waals surface area contributed by atoms with Crippen molar-refractivity contribution in [1.82, 2.24) is 10.3 Å². The Morgan fingerprint density at radius 1 is 1.50 bits per heavy atom. The maximum absolute atomic E-state index is 10.8. The highest BCUT2D eigenvalue weighted by atomic mass is 32.1. The van der Waals surface area contributed by atoms with Crippen LogP contribution in [0, 0.1) is 11.8 Å². The van der Waals surface area contributed by atoms with Crippen LogP contribution in [-0.4, -0.2) is 24.0 Å². The molecule has 0 aliphatic carbocycles. The Labute approximate surface area is 112 Å². The fourth-order valence-electron chi connectivity index (χ4n) is 1.15. The van der Waals surface area contributed by atoms with Crippen molar-refractivity contribution in [3.05, 3.63) is 16.1 Å². The Kier molecular flexibility index (Phi) is 5.32. The molecule has 18 heavy (non-hydrogen) atoms. The van der Waals surface area contributed by atoms with Gasteiger partial charge in [-0.25, -0.2) is 4.98 Å². The lowest BCUT2D eigenvalue weighted by Gasteiger charge is -2.14. The van der Waals surface area contributed by atoms with E-state index in [2.05, 4.69) is 48.3 Å². The first-order valence-corrected chi connectivity index (χ1v) is 6.69. The topological polar surface area (TPSA) is 68.0 Å². The van der Waals surface area contributed by atoms with Gasteiger partial charge in [-0.05, 0) is 0 Å². The van der Waals surface area contributed by atoms with Gasteiger partial charge in [-0.15, -0.1) is 11.3 Å². The summed E-state index contributed by atoms with van der Waals surface area (Å²) in [4.78, 5) is 15.4. The van der Waals surface area contributed by atoms with E-state index in [1.54, 1.807) is 11.3 Å². The fourth-order valence-corrected chi connectivity index (χ4v) is 2.11. The van der Waals surface area contributed by atoms with E-state index in [0.29, 0.717) is 13.0 Å². The number of carbonyl (C=O) groups excluding carboxylic acids is 1. The second-order valence-electron chi connectivity index (χ2n) is 4.89. The summed E-state index contributed by atoms with van der Waals surface area (Å²) in [5.41, 5.74) is 6.33. The van der Waals surface area contributed by atoms with Gasteiger partial charge in [0, 0.05) is 10.8 Å². The lowest BCUT2D eigenvalue weighted by Crippen LogP contribution is -2.30. The molecule has 0 aliphatic rings. The number of amides is 1. The molecule has 0 spiro atoms. The number of hydrogen-bond donors (Lipinski definition) is 2. The minimum atomic E-state index is -0.187. The number of hydrogen-bond acceptors (Lipinski definition) is 4. The molecule has 0 atom stereocenters. The van der Waals surface area contributed by atoms with Gasteiger partial charge >= 0.3 is 0 Å². The van der Waals surface area contributed by atoms with Crippen LogP contribution in [0.25, 0.3) is 0 Å². The fraction of sp³-hybridized carbons (Fsp3) is 0.538. The van der Waals surface area contributed by atoms with Crippen molar-refractivity contribution in [2.75, 3.05) is 13.1 Å². The van der Waals surface area contributed by atoms with Crippen LogP contribution in [-0.2, 0) is 16.6 Å². The highest BCUT2D eigenvalue weighted by Crippen LogP contribution is 2.23. The average molecular weight is 265 g/mol. The first-order chi connectivity index (χ1) is 8.43. The monoisotopic (exact) mass is 265 g/mol. The smallest absolute Gasteiger partial charge is 0.234 e. The predicted molar refractivity (Wildman–Crippen MR) is 74.4 cm³/mol. The molecule has 5 heteroatoms. The SMILES string of the molecule is CC(C)(C)c1csc(CC#CCNC(=O)CN)n1. The number of nitrogens with one attached hydrogen (secondary N) is 1. The number of thiazole rings is 1. The van der Waals surface area contributed by atoms with Gasteiger partial charge in [0.25, 0.3) is 0 Å². The first kappa shape index (κ1) is 14.7. The molecule has 1 aromatic heterocycles. The van der Waals surface area contributed by atoms with E-state index in [1.165, 1.54) is 0 Å². The second kappa shape index (κ2) is 6.53. The summed E-state index contributed by atoms with van der Waals surface area (Å²) in [6.45, 7) is 6.76. The molecular weight excluding hydrogens is 246 g/mol. The van der Waals surface area contributed by atoms with E-state index in [4.69, 9.17) is 5.73 Å². The van der Waals surface area contributed by atoms with Crippen LogP contribution in [0.1, 0.15) is 31.5 Å². The summed E-state index contributed by atoms with van der Waals surface area (Å²) < 4.78 is 0. The van der Waals surface area contributed by atoms with Crippen molar-refractivity contribution >= 4 is 17.2 Å². The Morgan fingerprint density at radius 2 is 2.22 bits per heavy atom.